The molecular weight excluding hydrogens is 204 g/mol. The molecule has 0 amide bonds. The molecule has 0 heterocycles. The van der Waals surface area contributed by atoms with Gasteiger partial charge in [-0.05, 0) is 44.4 Å². The lowest BCUT2D eigenvalue weighted by atomic mass is 10.2. The summed E-state index contributed by atoms with van der Waals surface area (Å²) in [6.07, 6.45) is 2.08. The monoisotopic (exact) mass is 222 g/mol. The van der Waals surface area contributed by atoms with Gasteiger partial charge >= 0.3 is 5.97 Å². The second-order valence-corrected chi connectivity index (χ2v) is 3.87. The quantitative estimate of drug-likeness (QED) is 0.782. The lowest BCUT2D eigenvalue weighted by Crippen LogP contribution is -2.04. The molecule has 1 saturated carbocycles. The zero-order valence-electron chi connectivity index (χ0n) is 9.77. The molecule has 0 aliphatic heterocycles. The Labute approximate surface area is 96.1 Å². The fourth-order valence-electron chi connectivity index (χ4n) is 1.21. The lowest BCUT2D eigenvalue weighted by Gasteiger charge is -1.95. The summed E-state index contributed by atoms with van der Waals surface area (Å²) in [5.74, 6) is 0.590. The first-order valence-corrected chi connectivity index (χ1v) is 5.55. The van der Waals surface area contributed by atoms with Crippen LogP contribution in [0.5, 0.6) is 5.75 Å². The second kappa shape index (κ2) is 6.16. The Balaban J connectivity index is 0.000000160. The van der Waals surface area contributed by atoms with Gasteiger partial charge in [-0.2, -0.15) is 0 Å². The Bertz CT molecular complexity index is 326. The third kappa shape index (κ3) is 4.82. The van der Waals surface area contributed by atoms with Crippen LogP contribution in [0.15, 0.2) is 24.3 Å². The molecule has 0 radical (unpaired) electrons. The number of rotatable bonds is 2. The highest BCUT2D eigenvalue weighted by Crippen LogP contribution is 2.29. The van der Waals surface area contributed by atoms with Crippen LogP contribution in [0, 0.1) is 12.8 Å². The van der Waals surface area contributed by atoms with E-state index < -0.39 is 0 Å². The van der Waals surface area contributed by atoms with Crippen molar-refractivity contribution in [3.05, 3.63) is 29.8 Å². The van der Waals surface area contributed by atoms with Gasteiger partial charge in [0.25, 0.3) is 0 Å². The summed E-state index contributed by atoms with van der Waals surface area (Å²) in [5.41, 5.74) is 1.09. The van der Waals surface area contributed by atoms with Crippen LogP contribution >= 0.6 is 0 Å². The topological polar surface area (TPSA) is 46.5 Å². The van der Waals surface area contributed by atoms with Crippen molar-refractivity contribution >= 4 is 5.97 Å². The molecule has 0 aromatic heterocycles. The molecule has 0 unspecified atom stereocenters. The number of ether oxygens (including phenoxy) is 1. The zero-order chi connectivity index (χ0) is 12.0. The molecule has 1 N–H and O–H groups in total. The molecule has 0 bridgehead atoms. The van der Waals surface area contributed by atoms with E-state index in [0.29, 0.717) is 12.4 Å². The van der Waals surface area contributed by atoms with Crippen LogP contribution in [-0.4, -0.2) is 17.7 Å². The van der Waals surface area contributed by atoms with Crippen molar-refractivity contribution in [3.63, 3.8) is 0 Å². The largest absolute Gasteiger partial charge is 0.508 e. The molecule has 1 aliphatic carbocycles. The number of benzene rings is 1. The van der Waals surface area contributed by atoms with Crippen molar-refractivity contribution in [1.29, 1.82) is 0 Å². The van der Waals surface area contributed by atoms with Gasteiger partial charge in [0.05, 0.1) is 12.5 Å². The zero-order valence-corrected chi connectivity index (χ0v) is 9.77. The molecule has 3 nitrogen and oxygen atoms in total. The van der Waals surface area contributed by atoms with Gasteiger partial charge in [0.1, 0.15) is 5.75 Å². The Morgan fingerprint density at radius 1 is 1.50 bits per heavy atom. The van der Waals surface area contributed by atoms with Crippen LogP contribution < -0.4 is 0 Å². The van der Waals surface area contributed by atoms with Crippen molar-refractivity contribution in [1.82, 2.24) is 0 Å². The minimum absolute atomic E-state index is 0.00694. The highest BCUT2D eigenvalue weighted by atomic mass is 16.5. The Hall–Kier alpha value is -1.51. The first-order chi connectivity index (χ1) is 7.63. The van der Waals surface area contributed by atoms with Crippen LogP contribution in [-0.2, 0) is 9.53 Å². The number of esters is 1. The Morgan fingerprint density at radius 2 is 2.19 bits per heavy atom. The Morgan fingerprint density at radius 3 is 2.56 bits per heavy atom. The molecular formula is C13H18O3. The summed E-state index contributed by atoms with van der Waals surface area (Å²) < 4.78 is 4.73. The summed E-state index contributed by atoms with van der Waals surface area (Å²) >= 11 is 0. The summed E-state index contributed by atoms with van der Waals surface area (Å²) in [4.78, 5) is 10.6. The first-order valence-electron chi connectivity index (χ1n) is 5.55. The van der Waals surface area contributed by atoms with Gasteiger partial charge in [-0.1, -0.05) is 12.1 Å². The van der Waals surface area contributed by atoms with Crippen LogP contribution in [0.3, 0.4) is 0 Å². The maximum Gasteiger partial charge on any atom is 0.308 e. The molecule has 0 saturated heterocycles. The van der Waals surface area contributed by atoms with Gasteiger partial charge in [0.15, 0.2) is 0 Å². The molecule has 0 spiro atoms. The normalized spacial score (nSPS) is 13.6. The number of aromatic hydroxyl groups is 1. The van der Waals surface area contributed by atoms with Crippen LogP contribution in [0.2, 0.25) is 0 Å². The highest BCUT2D eigenvalue weighted by molar-refractivity contribution is 5.74. The number of carbonyl (C=O) groups excluding carboxylic acids is 1. The number of phenols is 1. The van der Waals surface area contributed by atoms with E-state index in [1.54, 1.807) is 12.1 Å². The van der Waals surface area contributed by atoms with Crippen molar-refractivity contribution in [2.24, 2.45) is 5.92 Å². The molecule has 88 valence electrons. The summed E-state index contributed by atoms with van der Waals surface area (Å²) in [6.45, 7) is 4.30. The van der Waals surface area contributed by atoms with E-state index in [1.807, 2.05) is 26.0 Å². The van der Waals surface area contributed by atoms with E-state index in [1.165, 1.54) is 0 Å². The Kier molecular flexibility index (Phi) is 4.83. The minimum atomic E-state index is -0.00694. The van der Waals surface area contributed by atoms with E-state index in [0.717, 1.165) is 18.4 Å². The minimum Gasteiger partial charge on any atom is -0.508 e. The SMILES string of the molecule is CCOC(=O)C1CC1.Cc1cccc(O)c1. The number of carbonyl (C=O) groups is 1. The number of hydrogen-bond acceptors (Lipinski definition) is 3. The molecule has 1 aromatic rings. The third-order valence-electron chi connectivity index (χ3n) is 2.20. The van der Waals surface area contributed by atoms with Crippen molar-refractivity contribution in [2.45, 2.75) is 26.7 Å². The van der Waals surface area contributed by atoms with Crippen molar-refractivity contribution in [3.8, 4) is 5.75 Å². The van der Waals surface area contributed by atoms with Gasteiger partial charge in [0.2, 0.25) is 0 Å². The molecule has 3 heteroatoms. The van der Waals surface area contributed by atoms with E-state index >= 15 is 0 Å². The van der Waals surface area contributed by atoms with Gasteiger partial charge in [0, 0.05) is 0 Å². The summed E-state index contributed by atoms with van der Waals surface area (Å²) in [6, 6.07) is 7.15. The highest BCUT2D eigenvalue weighted by Gasteiger charge is 2.30. The van der Waals surface area contributed by atoms with E-state index in [-0.39, 0.29) is 11.9 Å². The molecule has 2 rings (SSSR count). The fourth-order valence-corrected chi connectivity index (χ4v) is 1.21. The number of hydrogen-bond donors (Lipinski definition) is 1. The average Bonchev–Trinajstić information content (AvgIpc) is 3.01. The predicted octanol–water partition coefficient (Wildman–Crippen LogP) is 2.66. The molecule has 0 atom stereocenters. The standard InChI is InChI=1S/C7H8O.C6H10O2/c1-6-3-2-4-7(8)5-6;1-2-8-6(7)5-3-4-5/h2-5,8H,1H3;5H,2-4H2,1H3. The molecule has 1 aromatic carbocycles. The van der Waals surface area contributed by atoms with Gasteiger partial charge < -0.3 is 9.84 Å². The smallest absolute Gasteiger partial charge is 0.308 e. The fraction of sp³-hybridized carbons (Fsp3) is 0.462. The van der Waals surface area contributed by atoms with Crippen molar-refractivity contribution in [2.75, 3.05) is 6.61 Å². The maximum absolute atomic E-state index is 10.6. The second-order valence-electron chi connectivity index (χ2n) is 3.87. The van der Waals surface area contributed by atoms with Gasteiger partial charge in [-0.3, -0.25) is 4.79 Å². The van der Waals surface area contributed by atoms with Crippen LogP contribution in [0.4, 0.5) is 0 Å². The van der Waals surface area contributed by atoms with Crippen LogP contribution in [0.25, 0.3) is 0 Å². The van der Waals surface area contributed by atoms with Crippen LogP contribution in [0.1, 0.15) is 25.3 Å². The predicted molar refractivity (Wildman–Crippen MR) is 62.2 cm³/mol. The molecule has 1 fully saturated rings. The first kappa shape index (κ1) is 12.6. The number of phenolic OH excluding ortho intramolecular Hbond substituents is 1. The summed E-state index contributed by atoms with van der Waals surface area (Å²) in [5, 5.41) is 8.81. The van der Waals surface area contributed by atoms with Gasteiger partial charge in [-0.25, -0.2) is 0 Å². The maximum atomic E-state index is 10.6. The van der Waals surface area contributed by atoms with Crippen molar-refractivity contribution < 1.29 is 14.6 Å². The van der Waals surface area contributed by atoms with E-state index in [9.17, 15) is 4.79 Å². The average molecular weight is 222 g/mol. The third-order valence-corrected chi connectivity index (χ3v) is 2.20. The van der Waals surface area contributed by atoms with E-state index in [4.69, 9.17) is 9.84 Å². The number of aryl methyl sites for hydroxylation is 1. The molecule has 16 heavy (non-hydrogen) atoms. The summed E-state index contributed by atoms with van der Waals surface area (Å²) in [7, 11) is 0. The molecule has 1 aliphatic rings. The van der Waals surface area contributed by atoms with E-state index in [2.05, 4.69) is 0 Å². The lowest BCUT2D eigenvalue weighted by molar-refractivity contribution is -0.144. The van der Waals surface area contributed by atoms with Gasteiger partial charge in [-0.15, -0.1) is 0 Å².